The number of carbonyl (C=O) groups excluding carboxylic acids is 1. The first-order valence-electron chi connectivity index (χ1n) is 9.71. The molecule has 0 saturated heterocycles. The summed E-state index contributed by atoms with van der Waals surface area (Å²) >= 11 is 0. The Morgan fingerprint density at radius 2 is 1.63 bits per heavy atom. The van der Waals surface area contributed by atoms with Crippen molar-refractivity contribution in [1.82, 2.24) is 15.5 Å². The Hall–Kier alpha value is -3.93. The first-order valence-corrected chi connectivity index (χ1v) is 9.71. The van der Waals surface area contributed by atoms with Gasteiger partial charge in [-0.15, -0.1) is 0 Å². The van der Waals surface area contributed by atoms with Gasteiger partial charge in [-0.2, -0.15) is 4.98 Å². The fourth-order valence-corrected chi connectivity index (χ4v) is 2.95. The average molecular weight is 399 g/mol. The van der Waals surface area contributed by atoms with Crippen LogP contribution in [0.5, 0.6) is 5.75 Å². The molecule has 1 heterocycles. The molecule has 4 rings (SSSR count). The highest BCUT2D eigenvalue weighted by atomic mass is 16.5. The molecule has 1 aromatic heterocycles. The summed E-state index contributed by atoms with van der Waals surface area (Å²) in [5.41, 5.74) is 2.79. The molecule has 0 bridgehead atoms. The number of benzene rings is 3. The Bertz CT molecular complexity index is 1090. The third-order valence-corrected chi connectivity index (χ3v) is 4.49. The van der Waals surface area contributed by atoms with Crippen molar-refractivity contribution in [2.75, 3.05) is 13.2 Å². The fraction of sp³-hybridized carbons (Fsp3) is 0.125. The Labute approximate surface area is 174 Å². The molecule has 0 radical (unpaired) electrons. The third kappa shape index (κ3) is 5.11. The zero-order valence-electron chi connectivity index (χ0n) is 16.3. The van der Waals surface area contributed by atoms with E-state index < -0.39 is 0 Å². The minimum Gasteiger partial charge on any atom is -0.484 e. The van der Waals surface area contributed by atoms with Crippen LogP contribution in [-0.2, 0) is 11.2 Å². The van der Waals surface area contributed by atoms with Crippen LogP contribution in [0, 0.1) is 0 Å². The monoisotopic (exact) mass is 399 g/mol. The van der Waals surface area contributed by atoms with Gasteiger partial charge < -0.3 is 14.6 Å². The second kappa shape index (κ2) is 9.52. The van der Waals surface area contributed by atoms with Crippen LogP contribution < -0.4 is 10.1 Å². The normalized spacial score (nSPS) is 10.5. The maximum atomic E-state index is 12.0. The lowest BCUT2D eigenvalue weighted by Gasteiger charge is -2.08. The summed E-state index contributed by atoms with van der Waals surface area (Å²) in [5, 5.41) is 6.90. The third-order valence-electron chi connectivity index (χ3n) is 4.49. The molecule has 0 aliphatic rings. The van der Waals surface area contributed by atoms with E-state index in [2.05, 4.69) is 15.5 Å². The van der Waals surface area contributed by atoms with E-state index >= 15 is 0 Å². The quantitative estimate of drug-likeness (QED) is 0.482. The van der Waals surface area contributed by atoms with Gasteiger partial charge in [-0.25, -0.2) is 0 Å². The number of hydrogen-bond donors (Lipinski definition) is 1. The van der Waals surface area contributed by atoms with Gasteiger partial charge in [0.15, 0.2) is 6.61 Å². The molecular formula is C24H21N3O3. The van der Waals surface area contributed by atoms with E-state index in [1.807, 2.05) is 72.8 Å². The highest BCUT2D eigenvalue weighted by Crippen LogP contribution is 2.25. The minimum atomic E-state index is -0.166. The van der Waals surface area contributed by atoms with Crippen molar-refractivity contribution >= 4 is 5.91 Å². The summed E-state index contributed by atoms with van der Waals surface area (Å²) in [5.74, 6) is 1.31. The SMILES string of the molecule is O=C(COc1cccc(-c2nc(-c3ccccc3)no2)c1)NCCc1ccccc1. The van der Waals surface area contributed by atoms with Crippen LogP contribution in [0.25, 0.3) is 22.8 Å². The number of ether oxygens (including phenoxy) is 1. The van der Waals surface area contributed by atoms with Gasteiger partial charge in [0.2, 0.25) is 5.82 Å². The van der Waals surface area contributed by atoms with E-state index in [9.17, 15) is 4.79 Å². The maximum Gasteiger partial charge on any atom is 0.258 e. The Kier molecular flexibility index (Phi) is 6.15. The molecule has 0 aliphatic heterocycles. The van der Waals surface area contributed by atoms with Crippen LogP contribution in [0.2, 0.25) is 0 Å². The zero-order valence-corrected chi connectivity index (χ0v) is 16.3. The molecule has 0 saturated carbocycles. The van der Waals surface area contributed by atoms with E-state index in [1.54, 1.807) is 12.1 Å². The summed E-state index contributed by atoms with van der Waals surface area (Å²) in [6.07, 6.45) is 0.781. The average Bonchev–Trinajstić information content (AvgIpc) is 3.30. The van der Waals surface area contributed by atoms with Crippen LogP contribution in [0.1, 0.15) is 5.56 Å². The highest BCUT2D eigenvalue weighted by Gasteiger charge is 2.11. The molecule has 3 aromatic carbocycles. The Morgan fingerprint density at radius 1 is 0.900 bits per heavy atom. The second-order valence-corrected chi connectivity index (χ2v) is 6.69. The molecule has 1 amide bonds. The molecule has 1 N–H and O–H groups in total. The largest absolute Gasteiger partial charge is 0.484 e. The van der Waals surface area contributed by atoms with E-state index in [0.717, 1.165) is 17.5 Å². The van der Waals surface area contributed by atoms with Gasteiger partial charge in [0.05, 0.1) is 0 Å². The van der Waals surface area contributed by atoms with E-state index in [4.69, 9.17) is 9.26 Å². The Morgan fingerprint density at radius 3 is 2.43 bits per heavy atom. The van der Waals surface area contributed by atoms with Crippen molar-refractivity contribution in [1.29, 1.82) is 0 Å². The molecule has 6 nitrogen and oxygen atoms in total. The van der Waals surface area contributed by atoms with Crippen molar-refractivity contribution in [3.05, 3.63) is 90.5 Å². The lowest BCUT2D eigenvalue weighted by molar-refractivity contribution is -0.123. The van der Waals surface area contributed by atoms with Gasteiger partial charge in [-0.1, -0.05) is 71.9 Å². The lowest BCUT2D eigenvalue weighted by atomic mass is 10.1. The first-order chi connectivity index (χ1) is 14.8. The number of nitrogens with one attached hydrogen (secondary N) is 1. The molecule has 6 heteroatoms. The van der Waals surface area contributed by atoms with Crippen molar-refractivity contribution in [3.8, 4) is 28.6 Å². The topological polar surface area (TPSA) is 77.2 Å². The van der Waals surface area contributed by atoms with Crippen molar-refractivity contribution in [2.24, 2.45) is 0 Å². The first kappa shape index (κ1) is 19.4. The molecule has 0 unspecified atom stereocenters. The van der Waals surface area contributed by atoms with Crippen LogP contribution in [0.15, 0.2) is 89.5 Å². The summed E-state index contributed by atoms with van der Waals surface area (Å²) in [6.45, 7) is 0.508. The van der Waals surface area contributed by atoms with Gasteiger partial charge in [0.1, 0.15) is 5.75 Å². The molecule has 0 spiro atoms. The number of hydrogen-bond acceptors (Lipinski definition) is 5. The standard InChI is InChI=1S/C24H21N3O3/c28-22(25-15-14-18-8-3-1-4-9-18)17-29-21-13-7-12-20(16-21)24-26-23(27-30-24)19-10-5-2-6-11-19/h1-13,16H,14-15,17H2,(H,25,28). The number of aromatic nitrogens is 2. The van der Waals surface area contributed by atoms with Gasteiger partial charge in [0, 0.05) is 17.7 Å². The number of amides is 1. The molecular weight excluding hydrogens is 378 g/mol. The highest BCUT2D eigenvalue weighted by molar-refractivity contribution is 5.77. The van der Waals surface area contributed by atoms with Crippen LogP contribution in [-0.4, -0.2) is 29.2 Å². The minimum absolute atomic E-state index is 0.0582. The van der Waals surface area contributed by atoms with Gasteiger partial charge in [-0.3, -0.25) is 4.79 Å². The lowest BCUT2D eigenvalue weighted by Crippen LogP contribution is -2.30. The van der Waals surface area contributed by atoms with Gasteiger partial charge in [-0.05, 0) is 30.2 Å². The van der Waals surface area contributed by atoms with Crippen LogP contribution in [0.3, 0.4) is 0 Å². The summed E-state index contributed by atoms with van der Waals surface area (Å²) in [7, 11) is 0. The molecule has 150 valence electrons. The number of rotatable bonds is 8. The summed E-state index contributed by atoms with van der Waals surface area (Å²) in [4.78, 5) is 16.5. The van der Waals surface area contributed by atoms with E-state index in [-0.39, 0.29) is 12.5 Å². The summed E-state index contributed by atoms with van der Waals surface area (Å²) in [6, 6.07) is 26.9. The van der Waals surface area contributed by atoms with Crippen molar-refractivity contribution < 1.29 is 14.1 Å². The predicted octanol–water partition coefficient (Wildman–Crippen LogP) is 4.14. The Balaban J connectivity index is 1.31. The maximum absolute atomic E-state index is 12.0. The fourth-order valence-electron chi connectivity index (χ4n) is 2.95. The second-order valence-electron chi connectivity index (χ2n) is 6.69. The zero-order chi connectivity index (χ0) is 20.6. The number of nitrogens with zero attached hydrogens (tertiary/aromatic N) is 2. The predicted molar refractivity (Wildman–Crippen MR) is 114 cm³/mol. The molecule has 0 aliphatic carbocycles. The number of carbonyl (C=O) groups is 1. The van der Waals surface area contributed by atoms with Crippen LogP contribution >= 0.6 is 0 Å². The van der Waals surface area contributed by atoms with Crippen LogP contribution in [0.4, 0.5) is 0 Å². The summed E-state index contributed by atoms with van der Waals surface area (Å²) < 4.78 is 11.0. The van der Waals surface area contributed by atoms with Crippen molar-refractivity contribution in [3.63, 3.8) is 0 Å². The smallest absolute Gasteiger partial charge is 0.258 e. The molecule has 0 atom stereocenters. The van der Waals surface area contributed by atoms with E-state index in [0.29, 0.717) is 24.0 Å². The van der Waals surface area contributed by atoms with Gasteiger partial charge in [0.25, 0.3) is 11.8 Å². The van der Waals surface area contributed by atoms with Gasteiger partial charge >= 0.3 is 0 Å². The van der Waals surface area contributed by atoms with E-state index in [1.165, 1.54) is 5.56 Å². The molecule has 0 fully saturated rings. The molecule has 4 aromatic rings. The molecule has 30 heavy (non-hydrogen) atoms. The van der Waals surface area contributed by atoms with Crippen molar-refractivity contribution in [2.45, 2.75) is 6.42 Å².